The van der Waals surface area contributed by atoms with Crippen molar-refractivity contribution >= 4 is 12.4 Å². The van der Waals surface area contributed by atoms with Crippen molar-refractivity contribution in [3.05, 3.63) is 59.7 Å². The van der Waals surface area contributed by atoms with E-state index in [2.05, 4.69) is 0 Å². The van der Waals surface area contributed by atoms with Gasteiger partial charge in [-0.1, -0.05) is 24.3 Å². The Morgan fingerprint density at radius 1 is 1.00 bits per heavy atom. The van der Waals surface area contributed by atoms with Crippen LogP contribution in [0.25, 0.3) is 6.08 Å². The van der Waals surface area contributed by atoms with Crippen LogP contribution in [0.1, 0.15) is 18.1 Å². The first-order chi connectivity index (χ1) is 11.3. The van der Waals surface area contributed by atoms with Gasteiger partial charge >= 0.3 is 0 Å². The van der Waals surface area contributed by atoms with Crippen LogP contribution >= 0.6 is 0 Å². The van der Waals surface area contributed by atoms with E-state index >= 15 is 0 Å². The van der Waals surface area contributed by atoms with E-state index in [0.29, 0.717) is 24.7 Å². The highest BCUT2D eigenvalue weighted by atomic mass is 16.5. The summed E-state index contributed by atoms with van der Waals surface area (Å²) in [7, 11) is 1.60. The number of hydrogen-bond donors (Lipinski definition) is 0. The molecule has 0 saturated carbocycles. The SMILES string of the molecule is CCOc1ccc(COc2cc(/C=C/C=O)ccc2OC)cc1. The number of allylic oxidation sites excluding steroid dienone is 1. The molecule has 0 bridgehead atoms. The predicted octanol–water partition coefficient (Wildman–Crippen LogP) is 3.89. The van der Waals surface area contributed by atoms with Gasteiger partial charge in [0.15, 0.2) is 11.5 Å². The maximum Gasteiger partial charge on any atom is 0.162 e. The molecule has 0 atom stereocenters. The Balaban J connectivity index is 2.08. The molecule has 23 heavy (non-hydrogen) atoms. The van der Waals surface area contributed by atoms with Crippen LogP contribution in [0.4, 0.5) is 0 Å². The lowest BCUT2D eigenvalue weighted by Crippen LogP contribution is -1.98. The molecule has 0 aromatic heterocycles. The summed E-state index contributed by atoms with van der Waals surface area (Å²) < 4.78 is 16.6. The molecular formula is C19H20O4. The third-order valence-electron chi connectivity index (χ3n) is 3.18. The minimum absolute atomic E-state index is 0.420. The summed E-state index contributed by atoms with van der Waals surface area (Å²) in [5, 5.41) is 0. The third kappa shape index (κ3) is 4.88. The summed E-state index contributed by atoms with van der Waals surface area (Å²) >= 11 is 0. The van der Waals surface area contributed by atoms with Gasteiger partial charge in [0.1, 0.15) is 18.6 Å². The number of rotatable bonds is 8. The zero-order valence-electron chi connectivity index (χ0n) is 13.3. The van der Waals surface area contributed by atoms with Gasteiger partial charge in [-0.15, -0.1) is 0 Å². The first-order valence-electron chi connectivity index (χ1n) is 7.41. The van der Waals surface area contributed by atoms with Crippen molar-refractivity contribution in [2.24, 2.45) is 0 Å². The minimum Gasteiger partial charge on any atom is -0.494 e. The highest BCUT2D eigenvalue weighted by molar-refractivity contribution is 5.74. The summed E-state index contributed by atoms with van der Waals surface area (Å²) in [6.45, 7) is 3.02. The van der Waals surface area contributed by atoms with Gasteiger partial charge in [-0.2, -0.15) is 0 Å². The number of carbonyl (C=O) groups excluding carboxylic acids is 1. The van der Waals surface area contributed by atoms with Crippen molar-refractivity contribution in [2.45, 2.75) is 13.5 Å². The molecule has 0 aliphatic heterocycles. The highest BCUT2D eigenvalue weighted by Crippen LogP contribution is 2.29. The van der Waals surface area contributed by atoms with Gasteiger partial charge < -0.3 is 14.2 Å². The molecule has 0 spiro atoms. The van der Waals surface area contributed by atoms with E-state index in [1.54, 1.807) is 13.2 Å². The Labute approximate surface area is 136 Å². The van der Waals surface area contributed by atoms with Crippen LogP contribution < -0.4 is 14.2 Å². The monoisotopic (exact) mass is 312 g/mol. The van der Waals surface area contributed by atoms with Gasteiger partial charge in [0.25, 0.3) is 0 Å². The molecule has 0 saturated heterocycles. The summed E-state index contributed by atoms with van der Waals surface area (Å²) in [5.41, 5.74) is 1.91. The molecule has 0 aliphatic carbocycles. The van der Waals surface area contributed by atoms with E-state index in [1.165, 1.54) is 6.08 Å². The Bertz CT molecular complexity index is 660. The lowest BCUT2D eigenvalue weighted by atomic mass is 10.2. The maximum absolute atomic E-state index is 10.4. The van der Waals surface area contributed by atoms with Crippen molar-refractivity contribution in [1.29, 1.82) is 0 Å². The second kappa shape index (κ2) is 8.63. The lowest BCUT2D eigenvalue weighted by Gasteiger charge is -2.12. The van der Waals surface area contributed by atoms with E-state index in [-0.39, 0.29) is 0 Å². The fourth-order valence-electron chi connectivity index (χ4n) is 2.07. The molecule has 0 N–H and O–H groups in total. The molecule has 4 nitrogen and oxygen atoms in total. The second-order valence-corrected chi connectivity index (χ2v) is 4.77. The smallest absolute Gasteiger partial charge is 0.162 e. The average molecular weight is 312 g/mol. The molecule has 4 heteroatoms. The highest BCUT2D eigenvalue weighted by Gasteiger charge is 2.05. The van der Waals surface area contributed by atoms with E-state index in [4.69, 9.17) is 14.2 Å². The van der Waals surface area contributed by atoms with Gasteiger partial charge in [-0.3, -0.25) is 4.79 Å². The molecule has 0 aliphatic rings. The van der Waals surface area contributed by atoms with Gasteiger partial charge in [-0.05, 0) is 48.4 Å². The van der Waals surface area contributed by atoms with Crippen molar-refractivity contribution in [3.8, 4) is 17.2 Å². The average Bonchev–Trinajstić information content (AvgIpc) is 2.59. The van der Waals surface area contributed by atoms with Crippen LogP contribution in [0.5, 0.6) is 17.2 Å². The van der Waals surface area contributed by atoms with Crippen LogP contribution in [-0.4, -0.2) is 20.0 Å². The number of hydrogen-bond acceptors (Lipinski definition) is 4. The molecule has 2 aromatic carbocycles. The number of methoxy groups -OCH3 is 1. The summed E-state index contributed by atoms with van der Waals surface area (Å²) in [6, 6.07) is 13.3. The Morgan fingerprint density at radius 2 is 1.78 bits per heavy atom. The van der Waals surface area contributed by atoms with E-state index in [0.717, 1.165) is 23.2 Å². The number of aldehydes is 1. The Hall–Kier alpha value is -2.75. The number of ether oxygens (including phenoxy) is 3. The van der Waals surface area contributed by atoms with Crippen LogP contribution in [0.3, 0.4) is 0 Å². The van der Waals surface area contributed by atoms with Crippen molar-refractivity contribution in [1.82, 2.24) is 0 Å². The standard InChI is InChI=1S/C19H20O4/c1-3-22-17-9-6-16(7-10-17)14-23-19-13-15(5-4-12-20)8-11-18(19)21-2/h4-13H,3,14H2,1-2H3/b5-4+. The molecule has 2 aromatic rings. The molecule has 0 unspecified atom stereocenters. The molecule has 0 radical (unpaired) electrons. The Morgan fingerprint density at radius 3 is 2.43 bits per heavy atom. The fourth-order valence-corrected chi connectivity index (χ4v) is 2.07. The van der Waals surface area contributed by atoms with E-state index < -0.39 is 0 Å². The van der Waals surface area contributed by atoms with Crippen molar-refractivity contribution < 1.29 is 19.0 Å². The fraction of sp³-hybridized carbons (Fsp3) is 0.211. The normalized spacial score (nSPS) is 10.5. The van der Waals surface area contributed by atoms with Gasteiger partial charge in [0, 0.05) is 0 Å². The quantitative estimate of drug-likeness (QED) is 0.548. The summed E-state index contributed by atoms with van der Waals surface area (Å²) in [5.74, 6) is 2.13. The molecule has 120 valence electrons. The van der Waals surface area contributed by atoms with Crippen LogP contribution in [-0.2, 0) is 11.4 Å². The topological polar surface area (TPSA) is 44.8 Å². The molecule has 0 fully saturated rings. The second-order valence-electron chi connectivity index (χ2n) is 4.77. The first kappa shape index (κ1) is 16.6. The van der Waals surface area contributed by atoms with Crippen LogP contribution in [0.2, 0.25) is 0 Å². The minimum atomic E-state index is 0.420. The van der Waals surface area contributed by atoms with E-state index in [9.17, 15) is 4.79 Å². The largest absolute Gasteiger partial charge is 0.494 e. The molecular weight excluding hydrogens is 292 g/mol. The van der Waals surface area contributed by atoms with Gasteiger partial charge in [-0.25, -0.2) is 0 Å². The zero-order valence-corrected chi connectivity index (χ0v) is 13.3. The lowest BCUT2D eigenvalue weighted by molar-refractivity contribution is -0.104. The number of benzene rings is 2. The van der Waals surface area contributed by atoms with Crippen LogP contribution in [0.15, 0.2) is 48.5 Å². The summed E-state index contributed by atoms with van der Waals surface area (Å²) in [6.07, 6.45) is 3.90. The predicted molar refractivity (Wildman–Crippen MR) is 90.0 cm³/mol. The molecule has 0 amide bonds. The first-order valence-corrected chi connectivity index (χ1v) is 7.41. The molecule has 2 rings (SSSR count). The zero-order chi connectivity index (χ0) is 16.5. The van der Waals surface area contributed by atoms with Crippen LogP contribution in [0, 0.1) is 0 Å². The van der Waals surface area contributed by atoms with Gasteiger partial charge in [0.2, 0.25) is 0 Å². The third-order valence-corrected chi connectivity index (χ3v) is 3.18. The molecule has 0 heterocycles. The maximum atomic E-state index is 10.4. The van der Waals surface area contributed by atoms with Crippen molar-refractivity contribution in [3.63, 3.8) is 0 Å². The van der Waals surface area contributed by atoms with Gasteiger partial charge in [0.05, 0.1) is 13.7 Å². The van der Waals surface area contributed by atoms with Crippen molar-refractivity contribution in [2.75, 3.05) is 13.7 Å². The Kier molecular flexibility index (Phi) is 6.24. The van der Waals surface area contributed by atoms with E-state index in [1.807, 2.05) is 49.4 Å². The number of carbonyl (C=O) groups is 1. The summed E-state index contributed by atoms with van der Waals surface area (Å²) in [4.78, 5) is 10.4.